The van der Waals surface area contributed by atoms with Gasteiger partial charge in [0.25, 0.3) is 0 Å². The van der Waals surface area contributed by atoms with Gasteiger partial charge in [0, 0.05) is 44.5 Å². The summed E-state index contributed by atoms with van der Waals surface area (Å²) in [5.41, 5.74) is 17.2. The molecule has 0 unspecified atom stereocenters. The Hall–Kier alpha value is -8.28. The molecule has 0 aliphatic heterocycles. The first-order valence-corrected chi connectivity index (χ1v) is 21.3. The molecule has 8 aromatic carbocycles. The molecule has 3 aromatic heterocycles. The molecule has 0 amide bonds. The SMILES string of the molecule is Cc1cc(-c2ccc(-c3nc(-c4ccccc4)nc(-c4ccccc4)n3)c(-c3ccc(-n4c5ccc(-c6ccccc6)cc5c5cc(-c6ccccc6)ccc54)cc3)c2)cc(C)n1. The van der Waals surface area contributed by atoms with E-state index < -0.39 is 0 Å². The van der Waals surface area contributed by atoms with E-state index >= 15 is 0 Å². The lowest BCUT2D eigenvalue weighted by atomic mass is 9.93. The van der Waals surface area contributed by atoms with E-state index in [2.05, 4.69) is 161 Å². The summed E-state index contributed by atoms with van der Waals surface area (Å²) >= 11 is 0. The van der Waals surface area contributed by atoms with E-state index in [0.717, 1.165) is 67.1 Å². The molecule has 11 rings (SSSR count). The van der Waals surface area contributed by atoms with Crippen LogP contribution in [-0.2, 0) is 0 Å². The number of fused-ring (bicyclic) bond motifs is 3. The van der Waals surface area contributed by atoms with Crippen LogP contribution in [0.3, 0.4) is 0 Å². The molecule has 0 radical (unpaired) electrons. The molecule has 0 spiro atoms. The van der Waals surface area contributed by atoms with Gasteiger partial charge in [-0.05, 0) is 119 Å². The van der Waals surface area contributed by atoms with Gasteiger partial charge < -0.3 is 4.57 Å². The molecular weight excluding hydrogens is 767 g/mol. The summed E-state index contributed by atoms with van der Waals surface area (Å²) in [6.45, 7) is 4.09. The molecular formula is C58H41N5. The number of nitrogens with zero attached hydrogens (tertiary/aromatic N) is 5. The van der Waals surface area contributed by atoms with Crippen LogP contribution in [0.5, 0.6) is 0 Å². The summed E-state index contributed by atoms with van der Waals surface area (Å²) in [5, 5.41) is 2.42. The first-order chi connectivity index (χ1) is 31.0. The van der Waals surface area contributed by atoms with Crippen molar-refractivity contribution in [2.45, 2.75) is 13.8 Å². The van der Waals surface area contributed by atoms with Crippen molar-refractivity contribution in [3.05, 3.63) is 224 Å². The maximum Gasteiger partial charge on any atom is 0.164 e. The molecule has 0 fully saturated rings. The highest BCUT2D eigenvalue weighted by Gasteiger charge is 2.19. The fourth-order valence-corrected chi connectivity index (χ4v) is 8.80. The molecule has 3 heterocycles. The zero-order valence-corrected chi connectivity index (χ0v) is 34.9. The van der Waals surface area contributed by atoms with E-state index in [1.807, 2.05) is 74.5 Å². The van der Waals surface area contributed by atoms with Crippen molar-refractivity contribution in [2.24, 2.45) is 0 Å². The van der Waals surface area contributed by atoms with Gasteiger partial charge >= 0.3 is 0 Å². The molecule has 0 atom stereocenters. The minimum absolute atomic E-state index is 0.612. The first-order valence-electron chi connectivity index (χ1n) is 21.3. The van der Waals surface area contributed by atoms with Crippen LogP contribution in [0.1, 0.15) is 11.4 Å². The zero-order valence-electron chi connectivity index (χ0n) is 34.9. The molecule has 0 N–H and O–H groups in total. The summed E-state index contributed by atoms with van der Waals surface area (Å²) in [6, 6.07) is 75.0. The largest absolute Gasteiger partial charge is 0.309 e. The predicted octanol–water partition coefficient (Wildman–Crippen LogP) is 14.6. The van der Waals surface area contributed by atoms with Gasteiger partial charge in [0.2, 0.25) is 0 Å². The fourth-order valence-electron chi connectivity index (χ4n) is 8.80. The van der Waals surface area contributed by atoms with Crippen molar-refractivity contribution in [3.63, 3.8) is 0 Å². The summed E-state index contributed by atoms with van der Waals surface area (Å²) in [5.74, 6) is 1.87. The second-order valence-corrected chi connectivity index (χ2v) is 16.0. The highest BCUT2D eigenvalue weighted by Crippen LogP contribution is 2.40. The van der Waals surface area contributed by atoms with Crippen LogP contribution >= 0.6 is 0 Å². The van der Waals surface area contributed by atoms with Gasteiger partial charge in [0.05, 0.1) is 11.0 Å². The Morgan fingerprint density at radius 2 is 0.698 bits per heavy atom. The van der Waals surface area contributed by atoms with Crippen molar-refractivity contribution in [2.75, 3.05) is 0 Å². The number of rotatable bonds is 8. The van der Waals surface area contributed by atoms with Crippen molar-refractivity contribution in [1.29, 1.82) is 0 Å². The standard InChI is InChI=1S/C58H41N5/c1-38-33-48(34-39(2)59-38)47-25-30-50(58-61-56(43-19-11-5-12-20-43)60-57(62-58)44-21-13-6-14-22-44)51(35-47)42-23-28-49(29-24-42)63-54-31-26-45(40-15-7-3-8-16-40)36-52(54)53-37-46(27-32-55(53)63)41-17-9-4-10-18-41/h3-37H,1-2H3. The normalized spacial score (nSPS) is 11.3. The Balaban J connectivity index is 1.09. The summed E-state index contributed by atoms with van der Waals surface area (Å²) in [6.07, 6.45) is 0. The van der Waals surface area contributed by atoms with Gasteiger partial charge in [-0.1, -0.05) is 152 Å². The smallest absolute Gasteiger partial charge is 0.164 e. The van der Waals surface area contributed by atoms with E-state index in [4.69, 9.17) is 15.0 Å². The van der Waals surface area contributed by atoms with Crippen LogP contribution in [0.25, 0.3) is 106 Å². The van der Waals surface area contributed by atoms with E-state index in [-0.39, 0.29) is 0 Å². The molecule has 0 aliphatic carbocycles. The minimum Gasteiger partial charge on any atom is -0.309 e. The van der Waals surface area contributed by atoms with E-state index in [9.17, 15) is 0 Å². The molecule has 11 aromatic rings. The lowest BCUT2D eigenvalue weighted by Crippen LogP contribution is -2.01. The second kappa shape index (κ2) is 16.0. The average Bonchev–Trinajstić information content (AvgIpc) is 3.67. The van der Waals surface area contributed by atoms with Gasteiger partial charge in [-0.25, -0.2) is 15.0 Å². The van der Waals surface area contributed by atoms with Crippen LogP contribution in [0, 0.1) is 13.8 Å². The maximum absolute atomic E-state index is 5.16. The summed E-state index contributed by atoms with van der Waals surface area (Å²) < 4.78 is 2.39. The van der Waals surface area contributed by atoms with E-state index in [1.165, 1.54) is 33.0 Å². The van der Waals surface area contributed by atoms with E-state index in [1.54, 1.807) is 0 Å². The second-order valence-electron chi connectivity index (χ2n) is 16.0. The summed E-state index contributed by atoms with van der Waals surface area (Å²) in [4.78, 5) is 20.0. The summed E-state index contributed by atoms with van der Waals surface area (Å²) in [7, 11) is 0. The number of pyridine rings is 1. The average molecular weight is 808 g/mol. The quantitative estimate of drug-likeness (QED) is 0.153. The topological polar surface area (TPSA) is 56.5 Å². The van der Waals surface area contributed by atoms with Crippen molar-refractivity contribution in [3.8, 4) is 84.4 Å². The molecule has 63 heavy (non-hydrogen) atoms. The van der Waals surface area contributed by atoms with Crippen LogP contribution in [0.4, 0.5) is 0 Å². The van der Waals surface area contributed by atoms with Crippen LogP contribution in [0.2, 0.25) is 0 Å². The molecule has 298 valence electrons. The van der Waals surface area contributed by atoms with Crippen LogP contribution in [0.15, 0.2) is 212 Å². The lowest BCUT2D eigenvalue weighted by Gasteiger charge is -2.15. The number of hydrogen-bond donors (Lipinski definition) is 0. The molecule has 0 saturated heterocycles. The maximum atomic E-state index is 5.16. The Morgan fingerprint density at radius 3 is 1.19 bits per heavy atom. The Kier molecular flexibility index (Phi) is 9.55. The zero-order chi connectivity index (χ0) is 42.3. The molecule has 5 heteroatoms. The predicted molar refractivity (Wildman–Crippen MR) is 259 cm³/mol. The minimum atomic E-state index is 0.612. The third-order valence-corrected chi connectivity index (χ3v) is 11.8. The fraction of sp³-hybridized carbons (Fsp3) is 0.0345. The molecule has 0 aliphatic rings. The highest BCUT2D eigenvalue weighted by atomic mass is 15.0. The highest BCUT2D eigenvalue weighted by molar-refractivity contribution is 6.11. The Morgan fingerprint density at radius 1 is 0.286 bits per heavy atom. The van der Waals surface area contributed by atoms with Crippen molar-refractivity contribution < 1.29 is 0 Å². The first kappa shape index (κ1) is 37.7. The number of benzene rings is 8. The van der Waals surface area contributed by atoms with Gasteiger partial charge in [0.15, 0.2) is 17.5 Å². The third-order valence-electron chi connectivity index (χ3n) is 11.8. The number of hydrogen-bond acceptors (Lipinski definition) is 4. The molecule has 0 bridgehead atoms. The molecule has 5 nitrogen and oxygen atoms in total. The van der Waals surface area contributed by atoms with Gasteiger partial charge in [0.1, 0.15) is 0 Å². The van der Waals surface area contributed by atoms with Crippen LogP contribution in [-0.4, -0.2) is 24.5 Å². The van der Waals surface area contributed by atoms with Gasteiger partial charge in [-0.3, -0.25) is 4.98 Å². The third kappa shape index (κ3) is 7.26. The van der Waals surface area contributed by atoms with Gasteiger partial charge in [-0.15, -0.1) is 0 Å². The van der Waals surface area contributed by atoms with E-state index in [0.29, 0.717) is 17.5 Å². The monoisotopic (exact) mass is 807 g/mol. The Labute approximate surface area is 366 Å². The van der Waals surface area contributed by atoms with Crippen molar-refractivity contribution >= 4 is 21.8 Å². The number of aryl methyl sites for hydroxylation is 2. The van der Waals surface area contributed by atoms with Crippen LogP contribution < -0.4 is 0 Å². The van der Waals surface area contributed by atoms with Crippen molar-refractivity contribution in [1.82, 2.24) is 24.5 Å². The lowest BCUT2D eigenvalue weighted by molar-refractivity contribution is 1.07. The Bertz CT molecular complexity index is 3260. The number of aromatic nitrogens is 5. The molecule has 0 saturated carbocycles. The van der Waals surface area contributed by atoms with Gasteiger partial charge in [-0.2, -0.15) is 0 Å².